The van der Waals surface area contributed by atoms with Crippen LogP contribution in [0.5, 0.6) is 5.75 Å². The van der Waals surface area contributed by atoms with E-state index in [-0.39, 0.29) is 0 Å². The second kappa shape index (κ2) is 17.1. The van der Waals surface area contributed by atoms with Gasteiger partial charge in [-0.15, -0.1) is 0 Å². The number of ether oxygens (including phenoxy) is 1. The highest BCUT2D eigenvalue weighted by Crippen LogP contribution is 2.26. The molecule has 1 heterocycles. The zero-order valence-corrected chi connectivity index (χ0v) is 20.3. The second-order valence-electron chi connectivity index (χ2n) is 7.00. The van der Waals surface area contributed by atoms with Gasteiger partial charge < -0.3 is 4.74 Å². The lowest BCUT2D eigenvalue weighted by molar-refractivity contribution is 0.115. The summed E-state index contributed by atoms with van der Waals surface area (Å²) in [7, 11) is 0. The smallest absolute Gasteiger partial charge is 0.138 e. The van der Waals surface area contributed by atoms with Gasteiger partial charge in [0.1, 0.15) is 11.9 Å². The van der Waals surface area contributed by atoms with Crippen molar-refractivity contribution < 1.29 is 4.74 Å². The minimum absolute atomic E-state index is 0.290. The van der Waals surface area contributed by atoms with Gasteiger partial charge in [-0.3, -0.25) is 4.98 Å². The Kier molecular flexibility index (Phi) is 16.0. The Labute approximate surface area is 181 Å². The molecule has 0 amide bonds. The van der Waals surface area contributed by atoms with E-state index in [4.69, 9.17) is 4.74 Å². The van der Waals surface area contributed by atoms with Gasteiger partial charge in [0.05, 0.1) is 11.9 Å². The molecule has 2 unspecified atom stereocenters. The Morgan fingerprint density at radius 1 is 0.828 bits per heavy atom. The van der Waals surface area contributed by atoms with E-state index >= 15 is 0 Å². The van der Waals surface area contributed by atoms with E-state index in [0.717, 1.165) is 23.4 Å². The fraction of sp³-hybridized carbons (Fsp3) is 0.593. The molecular formula is C27H45NO. The average molecular weight is 400 g/mol. The molecule has 0 saturated heterocycles. The molecule has 2 heteroatoms. The van der Waals surface area contributed by atoms with Gasteiger partial charge in [-0.1, -0.05) is 97.6 Å². The van der Waals surface area contributed by atoms with Crippen LogP contribution in [0, 0.1) is 12.8 Å². The van der Waals surface area contributed by atoms with Crippen LogP contribution in [0.25, 0.3) is 11.3 Å². The summed E-state index contributed by atoms with van der Waals surface area (Å²) in [5.74, 6) is 1.53. The summed E-state index contributed by atoms with van der Waals surface area (Å²) in [5, 5.41) is 0. The molecule has 0 spiro atoms. The molecule has 2 nitrogen and oxygen atoms in total. The predicted octanol–water partition coefficient (Wildman–Crippen LogP) is 8.87. The Bertz CT molecular complexity index is 603. The van der Waals surface area contributed by atoms with Crippen molar-refractivity contribution >= 4 is 0 Å². The molecule has 2 rings (SSSR count). The maximum atomic E-state index is 6.32. The van der Waals surface area contributed by atoms with Crippen molar-refractivity contribution in [2.45, 2.75) is 100 Å². The van der Waals surface area contributed by atoms with E-state index in [2.05, 4.69) is 69.1 Å². The number of benzene rings is 1. The van der Waals surface area contributed by atoms with Crippen LogP contribution in [0.2, 0.25) is 0 Å². The van der Waals surface area contributed by atoms with Crippen LogP contribution in [-0.4, -0.2) is 11.1 Å². The third-order valence-corrected chi connectivity index (χ3v) is 4.89. The number of hydrogen-bond acceptors (Lipinski definition) is 2. The average Bonchev–Trinajstić information content (AvgIpc) is 2.79. The molecule has 0 aliphatic rings. The Balaban J connectivity index is 0.00000184. The largest absolute Gasteiger partial charge is 0.489 e. The van der Waals surface area contributed by atoms with Crippen molar-refractivity contribution in [3.63, 3.8) is 0 Å². The first-order valence-corrected chi connectivity index (χ1v) is 11.9. The van der Waals surface area contributed by atoms with Crippen LogP contribution in [0.4, 0.5) is 0 Å². The van der Waals surface area contributed by atoms with Crippen molar-refractivity contribution in [3.05, 3.63) is 48.2 Å². The van der Waals surface area contributed by atoms with Crippen LogP contribution in [0.15, 0.2) is 42.6 Å². The van der Waals surface area contributed by atoms with E-state index < -0.39 is 0 Å². The molecule has 2 atom stereocenters. The number of rotatable bonds is 10. The summed E-state index contributed by atoms with van der Waals surface area (Å²) in [6.45, 7) is 16.9. The molecule has 0 fully saturated rings. The van der Waals surface area contributed by atoms with Crippen molar-refractivity contribution in [3.8, 4) is 17.0 Å². The zero-order chi connectivity index (χ0) is 22.1. The molecule has 164 valence electrons. The topological polar surface area (TPSA) is 22.1 Å². The van der Waals surface area contributed by atoms with E-state index in [0.29, 0.717) is 12.0 Å². The number of hydrogen-bond donors (Lipinski definition) is 0. The highest BCUT2D eigenvalue weighted by atomic mass is 16.5. The maximum Gasteiger partial charge on any atom is 0.138 e. The quantitative estimate of drug-likeness (QED) is 0.398. The molecule has 0 aliphatic heterocycles. The van der Waals surface area contributed by atoms with E-state index in [1.165, 1.54) is 37.7 Å². The fourth-order valence-electron chi connectivity index (χ4n) is 3.39. The van der Waals surface area contributed by atoms with Gasteiger partial charge in [0.15, 0.2) is 0 Å². The van der Waals surface area contributed by atoms with Gasteiger partial charge in [-0.2, -0.15) is 0 Å². The molecule has 1 aromatic heterocycles. The molecule has 0 saturated carbocycles. The van der Waals surface area contributed by atoms with Crippen LogP contribution >= 0.6 is 0 Å². The van der Waals surface area contributed by atoms with Gasteiger partial charge in [0.25, 0.3) is 0 Å². The highest BCUT2D eigenvalue weighted by Gasteiger charge is 2.20. The third-order valence-electron chi connectivity index (χ3n) is 4.89. The lowest BCUT2D eigenvalue weighted by Crippen LogP contribution is -2.26. The van der Waals surface area contributed by atoms with Crippen LogP contribution < -0.4 is 4.74 Å². The molecule has 0 aliphatic carbocycles. The lowest BCUT2D eigenvalue weighted by atomic mass is 9.90. The van der Waals surface area contributed by atoms with Gasteiger partial charge in [0.2, 0.25) is 0 Å². The molecule has 2 aromatic rings. The van der Waals surface area contributed by atoms with Crippen molar-refractivity contribution in [1.29, 1.82) is 0 Å². The summed E-state index contributed by atoms with van der Waals surface area (Å²) in [6, 6.07) is 12.6. The first kappa shape index (κ1) is 27.2. The van der Waals surface area contributed by atoms with Crippen molar-refractivity contribution in [1.82, 2.24) is 4.98 Å². The Hall–Kier alpha value is -1.83. The molecular weight excluding hydrogens is 354 g/mol. The number of aryl methyl sites for hydroxylation is 1. The summed E-state index contributed by atoms with van der Waals surface area (Å²) < 4.78 is 6.32. The second-order valence-corrected chi connectivity index (χ2v) is 7.00. The van der Waals surface area contributed by atoms with Crippen LogP contribution in [-0.2, 0) is 0 Å². The van der Waals surface area contributed by atoms with Crippen LogP contribution in [0.1, 0.15) is 92.6 Å². The van der Waals surface area contributed by atoms with Crippen LogP contribution in [0.3, 0.4) is 0 Å². The third kappa shape index (κ3) is 9.96. The summed E-state index contributed by atoms with van der Waals surface area (Å²) in [4.78, 5) is 4.61. The fourth-order valence-corrected chi connectivity index (χ4v) is 3.39. The molecule has 29 heavy (non-hydrogen) atoms. The van der Waals surface area contributed by atoms with E-state index in [1.807, 2.05) is 33.9 Å². The highest BCUT2D eigenvalue weighted by molar-refractivity contribution is 5.59. The van der Waals surface area contributed by atoms with Crippen molar-refractivity contribution in [2.75, 3.05) is 0 Å². The van der Waals surface area contributed by atoms with Gasteiger partial charge in [-0.05, 0) is 44.2 Å². The van der Waals surface area contributed by atoms with Gasteiger partial charge in [-0.25, -0.2) is 0 Å². The Morgan fingerprint density at radius 2 is 1.48 bits per heavy atom. The SMILES string of the molecule is CC.CC.CCCCC(CCC)C(CC)Oc1ccc(-c2ccc(C)cc2)nc1. The summed E-state index contributed by atoms with van der Waals surface area (Å²) in [6.07, 6.45) is 9.48. The number of aromatic nitrogens is 1. The lowest BCUT2D eigenvalue weighted by Gasteiger charge is -2.27. The van der Waals surface area contributed by atoms with Crippen molar-refractivity contribution in [2.24, 2.45) is 5.92 Å². The van der Waals surface area contributed by atoms with E-state index in [1.54, 1.807) is 0 Å². The monoisotopic (exact) mass is 399 g/mol. The maximum absolute atomic E-state index is 6.32. The number of pyridine rings is 1. The molecule has 0 radical (unpaired) electrons. The standard InChI is InChI=1S/C23H33NO.2C2H6/c1-5-8-10-20(9-6-2)23(7-3)25-21-15-16-22(24-17-21)19-13-11-18(4)12-14-19;2*1-2/h11-17,20,23H,5-10H2,1-4H3;2*1-2H3. The zero-order valence-electron chi connectivity index (χ0n) is 20.3. The molecule has 1 aromatic carbocycles. The van der Waals surface area contributed by atoms with Gasteiger partial charge in [0, 0.05) is 5.56 Å². The number of unbranched alkanes of at least 4 members (excludes halogenated alkanes) is 1. The van der Waals surface area contributed by atoms with E-state index in [9.17, 15) is 0 Å². The van der Waals surface area contributed by atoms with Gasteiger partial charge >= 0.3 is 0 Å². The number of nitrogens with zero attached hydrogens (tertiary/aromatic N) is 1. The minimum Gasteiger partial charge on any atom is -0.489 e. The summed E-state index contributed by atoms with van der Waals surface area (Å²) in [5.41, 5.74) is 3.41. The molecule has 0 N–H and O–H groups in total. The normalized spacial score (nSPS) is 12.0. The molecule has 0 bridgehead atoms. The Morgan fingerprint density at radius 3 is 1.97 bits per heavy atom. The first-order chi connectivity index (χ1) is 14.2. The minimum atomic E-state index is 0.290. The first-order valence-electron chi connectivity index (χ1n) is 11.9. The summed E-state index contributed by atoms with van der Waals surface area (Å²) >= 11 is 0. The predicted molar refractivity (Wildman–Crippen MR) is 130 cm³/mol.